The van der Waals surface area contributed by atoms with E-state index in [1.807, 2.05) is 0 Å². The minimum atomic E-state index is -4.61. The van der Waals surface area contributed by atoms with Gasteiger partial charge in [0.25, 0.3) is 0 Å². The molecule has 0 aliphatic heterocycles. The van der Waals surface area contributed by atoms with Crippen molar-refractivity contribution in [2.24, 2.45) is 0 Å². The smallest absolute Gasteiger partial charge is 0.462 e. The zero-order chi connectivity index (χ0) is 36.3. The predicted octanol–water partition coefficient (Wildman–Crippen LogP) is 9.22. The van der Waals surface area contributed by atoms with Gasteiger partial charge in [0.2, 0.25) is 0 Å². The second-order valence-electron chi connectivity index (χ2n) is 12.6. The fraction of sp³-hybridized carbons (Fsp3) is 0.789. The van der Waals surface area contributed by atoms with E-state index in [1.54, 1.807) is 0 Å². The number of carbonyl (C=O) groups is 2. The minimum Gasteiger partial charge on any atom is -0.462 e. The predicted molar refractivity (Wildman–Crippen MR) is 196 cm³/mol. The lowest BCUT2D eigenvalue weighted by Gasteiger charge is -2.20. The number of allylic oxidation sites excluding steroid dienone is 6. The highest BCUT2D eigenvalue weighted by Crippen LogP contribution is 2.43. The molecule has 0 spiro atoms. The SMILES string of the molecule is CCCC/C=C\CCCCCCCC(=O)O[C@H](COC(=O)CCCCCCC/C=C\C/C=C\CCCCC)COP(=O)(O)OC[C@@H](O)CO. The number of carbonyl (C=O) groups excluding carboxylic acids is 2. The molecule has 0 heterocycles. The average molecular weight is 717 g/mol. The van der Waals surface area contributed by atoms with Gasteiger partial charge in [0.1, 0.15) is 12.7 Å². The van der Waals surface area contributed by atoms with E-state index in [2.05, 4.69) is 54.8 Å². The fourth-order valence-corrected chi connectivity index (χ4v) is 5.56. The molecular formula is C38H69O10P. The van der Waals surface area contributed by atoms with Gasteiger partial charge in [0, 0.05) is 12.8 Å². The van der Waals surface area contributed by atoms with Crippen LogP contribution in [-0.4, -0.2) is 65.7 Å². The van der Waals surface area contributed by atoms with Gasteiger partial charge in [-0.3, -0.25) is 18.6 Å². The Kier molecular flexibility index (Phi) is 33.4. The van der Waals surface area contributed by atoms with Gasteiger partial charge in [0.15, 0.2) is 6.10 Å². The van der Waals surface area contributed by atoms with Crippen molar-refractivity contribution in [2.45, 2.75) is 167 Å². The zero-order valence-electron chi connectivity index (χ0n) is 30.7. The molecular weight excluding hydrogens is 647 g/mol. The molecule has 0 aromatic carbocycles. The van der Waals surface area contributed by atoms with Crippen LogP contribution in [0.15, 0.2) is 36.5 Å². The standard InChI is InChI=1S/C38H69O10P/c1-3-5-7-9-11-13-15-16-17-18-20-21-23-25-27-29-37(41)45-33-36(34-47-49(43,44)46-32-35(40)31-39)48-38(42)30-28-26-24-22-19-14-12-10-8-6-4-2/h10-13,16-17,35-36,39-40H,3-9,14-15,18-34H2,1-2H3,(H,43,44)/b12-10-,13-11-,17-16-/t35-,36+/m0/s1. The molecule has 0 bridgehead atoms. The number of aliphatic hydroxyl groups is 2. The summed E-state index contributed by atoms with van der Waals surface area (Å²) in [7, 11) is -4.61. The van der Waals surface area contributed by atoms with Crippen molar-refractivity contribution in [3.63, 3.8) is 0 Å². The number of aliphatic hydroxyl groups excluding tert-OH is 2. The van der Waals surface area contributed by atoms with Crippen molar-refractivity contribution >= 4 is 19.8 Å². The molecule has 0 saturated heterocycles. The molecule has 3 atom stereocenters. The molecule has 10 nitrogen and oxygen atoms in total. The van der Waals surface area contributed by atoms with E-state index in [0.29, 0.717) is 12.8 Å². The van der Waals surface area contributed by atoms with Crippen molar-refractivity contribution in [3.05, 3.63) is 36.5 Å². The number of hydrogen-bond donors (Lipinski definition) is 3. The quantitative estimate of drug-likeness (QED) is 0.0251. The molecule has 0 aromatic rings. The summed E-state index contributed by atoms with van der Waals surface area (Å²) < 4.78 is 32.5. The summed E-state index contributed by atoms with van der Waals surface area (Å²) >= 11 is 0. The van der Waals surface area contributed by atoms with Crippen molar-refractivity contribution in [3.8, 4) is 0 Å². The van der Waals surface area contributed by atoms with E-state index < -0.39 is 51.8 Å². The summed E-state index contributed by atoms with van der Waals surface area (Å²) in [5.41, 5.74) is 0. The Hall–Kier alpha value is -1.81. The van der Waals surface area contributed by atoms with Crippen molar-refractivity contribution < 1.29 is 47.8 Å². The lowest BCUT2D eigenvalue weighted by molar-refractivity contribution is -0.161. The molecule has 0 amide bonds. The Morgan fingerprint density at radius 3 is 1.65 bits per heavy atom. The Balaban J connectivity index is 4.40. The molecule has 0 rings (SSSR count). The maximum atomic E-state index is 12.5. The lowest BCUT2D eigenvalue weighted by atomic mass is 10.1. The van der Waals surface area contributed by atoms with Gasteiger partial charge in [-0.25, -0.2) is 4.57 Å². The average Bonchev–Trinajstić information content (AvgIpc) is 3.09. The molecule has 0 fully saturated rings. The summed E-state index contributed by atoms with van der Waals surface area (Å²) in [5, 5.41) is 18.3. The molecule has 0 aromatic heterocycles. The first-order chi connectivity index (χ1) is 23.7. The van der Waals surface area contributed by atoms with Crippen LogP contribution >= 0.6 is 7.82 Å². The Bertz CT molecular complexity index is 920. The van der Waals surface area contributed by atoms with E-state index in [9.17, 15) is 24.2 Å². The first kappa shape index (κ1) is 47.2. The summed E-state index contributed by atoms with van der Waals surface area (Å²) in [4.78, 5) is 34.8. The van der Waals surface area contributed by atoms with Crippen molar-refractivity contribution in [1.82, 2.24) is 0 Å². The molecule has 49 heavy (non-hydrogen) atoms. The Labute approximate surface area is 297 Å². The van der Waals surface area contributed by atoms with Gasteiger partial charge in [0.05, 0.1) is 19.8 Å². The molecule has 0 aliphatic carbocycles. The largest absolute Gasteiger partial charge is 0.472 e. The van der Waals surface area contributed by atoms with Crippen LogP contribution in [-0.2, 0) is 32.7 Å². The highest BCUT2D eigenvalue weighted by atomic mass is 31.2. The molecule has 286 valence electrons. The summed E-state index contributed by atoms with van der Waals surface area (Å²) in [6, 6.07) is 0. The number of phosphoric ester groups is 1. The van der Waals surface area contributed by atoms with Gasteiger partial charge >= 0.3 is 19.8 Å². The van der Waals surface area contributed by atoms with Crippen LogP contribution in [0.4, 0.5) is 0 Å². The summed E-state index contributed by atoms with van der Waals surface area (Å²) in [6.45, 7) is 2.26. The minimum absolute atomic E-state index is 0.170. The van der Waals surface area contributed by atoms with Gasteiger partial charge in [-0.05, 0) is 64.2 Å². The first-order valence-corrected chi connectivity index (χ1v) is 20.4. The van der Waals surface area contributed by atoms with Crippen molar-refractivity contribution in [2.75, 3.05) is 26.4 Å². The Morgan fingerprint density at radius 2 is 1.08 bits per heavy atom. The molecule has 11 heteroatoms. The van der Waals surface area contributed by atoms with Crippen LogP contribution in [0.5, 0.6) is 0 Å². The molecule has 3 N–H and O–H groups in total. The van der Waals surface area contributed by atoms with Gasteiger partial charge in [-0.15, -0.1) is 0 Å². The normalized spacial score (nSPS) is 14.5. The third-order valence-electron chi connectivity index (χ3n) is 7.77. The second-order valence-corrected chi connectivity index (χ2v) is 14.0. The third-order valence-corrected chi connectivity index (χ3v) is 8.72. The fourth-order valence-electron chi connectivity index (χ4n) is 4.77. The Morgan fingerprint density at radius 1 is 0.612 bits per heavy atom. The molecule has 1 unspecified atom stereocenters. The van der Waals surface area contributed by atoms with E-state index in [4.69, 9.17) is 19.1 Å². The number of ether oxygens (including phenoxy) is 2. The lowest BCUT2D eigenvalue weighted by Crippen LogP contribution is -2.29. The van der Waals surface area contributed by atoms with E-state index in [-0.39, 0.29) is 19.4 Å². The van der Waals surface area contributed by atoms with Crippen LogP contribution in [0.25, 0.3) is 0 Å². The maximum absolute atomic E-state index is 12.5. The van der Waals surface area contributed by atoms with Crippen LogP contribution in [0.2, 0.25) is 0 Å². The van der Waals surface area contributed by atoms with Gasteiger partial charge in [-0.1, -0.05) is 115 Å². The van der Waals surface area contributed by atoms with E-state index in [0.717, 1.165) is 83.5 Å². The van der Waals surface area contributed by atoms with Gasteiger partial charge in [-0.2, -0.15) is 0 Å². The van der Waals surface area contributed by atoms with Crippen LogP contribution in [0.1, 0.15) is 155 Å². The highest BCUT2D eigenvalue weighted by molar-refractivity contribution is 7.47. The second kappa shape index (κ2) is 34.6. The number of esters is 2. The molecule has 0 aliphatic rings. The number of phosphoric acid groups is 1. The van der Waals surface area contributed by atoms with Crippen LogP contribution in [0, 0.1) is 0 Å². The molecule has 0 radical (unpaired) electrons. The van der Waals surface area contributed by atoms with Crippen LogP contribution < -0.4 is 0 Å². The third kappa shape index (κ3) is 34.4. The van der Waals surface area contributed by atoms with Gasteiger partial charge < -0.3 is 24.6 Å². The maximum Gasteiger partial charge on any atom is 0.472 e. The summed E-state index contributed by atoms with van der Waals surface area (Å²) in [6.07, 6.45) is 32.6. The highest BCUT2D eigenvalue weighted by Gasteiger charge is 2.27. The monoisotopic (exact) mass is 716 g/mol. The van der Waals surface area contributed by atoms with Crippen molar-refractivity contribution in [1.29, 1.82) is 0 Å². The number of rotatable bonds is 35. The van der Waals surface area contributed by atoms with E-state index >= 15 is 0 Å². The topological polar surface area (TPSA) is 149 Å². The van der Waals surface area contributed by atoms with Crippen LogP contribution in [0.3, 0.4) is 0 Å². The number of unbranched alkanes of at least 4 members (excludes halogenated alkanes) is 15. The number of hydrogen-bond acceptors (Lipinski definition) is 9. The summed E-state index contributed by atoms with van der Waals surface area (Å²) in [5.74, 6) is -0.956. The first-order valence-electron chi connectivity index (χ1n) is 18.9. The van der Waals surface area contributed by atoms with E-state index in [1.165, 1.54) is 32.1 Å². The zero-order valence-corrected chi connectivity index (χ0v) is 31.5. The molecule has 0 saturated carbocycles.